The predicted molar refractivity (Wildman–Crippen MR) is 130 cm³/mol. The molecular weight excluding hydrogens is 428 g/mol. The van der Waals surface area contributed by atoms with Crippen molar-refractivity contribution in [2.75, 3.05) is 0 Å². The third-order valence-electron chi connectivity index (χ3n) is 7.72. The third-order valence-corrected chi connectivity index (χ3v) is 7.72. The van der Waals surface area contributed by atoms with E-state index in [1.54, 1.807) is 60.7 Å². The number of ketones is 3. The Hall–Kier alpha value is -2.63. The van der Waals surface area contributed by atoms with Gasteiger partial charge >= 0.3 is 0 Å². The van der Waals surface area contributed by atoms with Crippen molar-refractivity contribution in [3.63, 3.8) is 0 Å². The molecule has 0 heterocycles. The summed E-state index contributed by atoms with van der Waals surface area (Å²) in [6.07, 6.45) is 6.01. The average molecular weight is 463 g/mol. The van der Waals surface area contributed by atoms with Crippen LogP contribution < -0.4 is 0 Å². The van der Waals surface area contributed by atoms with E-state index in [1.807, 2.05) is 0 Å². The van der Waals surface area contributed by atoms with Crippen LogP contribution in [0.25, 0.3) is 0 Å². The lowest BCUT2D eigenvalue weighted by atomic mass is 9.63. The van der Waals surface area contributed by atoms with Crippen molar-refractivity contribution >= 4 is 17.3 Å². The smallest absolute Gasteiger partial charge is 0.176 e. The largest absolute Gasteiger partial charge is 0.389 e. The molecule has 2 aliphatic carbocycles. The second-order valence-electron chi connectivity index (χ2n) is 10.1. The highest BCUT2D eigenvalue weighted by Gasteiger charge is 2.55. The van der Waals surface area contributed by atoms with Gasteiger partial charge in [0.1, 0.15) is 11.8 Å². The van der Waals surface area contributed by atoms with Gasteiger partial charge in [-0.1, -0.05) is 99.2 Å². The molecule has 0 aromatic heterocycles. The molecule has 34 heavy (non-hydrogen) atoms. The van der Waals surface area contributed by atoms with Crippen molar-refractivity contribution in [2.24, 2.45) is 11.8 Å². The van der Waals surface area contributed by atoms with Gasteiger partial charge in [0.2, 0.25) is 0 Å². The molecule has 2 aliphatic rings. The van der Waals surface area contributed by atoms with E-state index in [1.165, 1.54) is 0 Å². The predicted octanol–water partition coefficient (Wildman–Crippen LogP) is 4.94. The van der Waals surface area contributed by atoms with Gasteiger partial charge in [-0.05, 0) is 25.7 Å². The Labute approximate surface area is 201 Å². The zero-order valence-corrected chi connectivity index (χ0v) is 19.6. The van der Waals surface area contributed by atoms with Crippen LogP contribution in [0.4, 0.5) is 0 Å². The highest BCUT2D eigenvalue weighted by Crippen LogP contribution is 2.43. The molecule has 2 unspecified atom stereocenters. The van der Waals surface area contributed by atoms with Gasteiger partial charge in [-0.2, -0.15) is 0 Å². The maximum Gasteiger partial charge on any atom is 0.176 e. The molecular formula is C29H34O5. The van der Waals surface area contributed by atoms with Crippen LogP contribution in [0.1, 0.15) is 84.9 Å². The lowest BCUT2D eigenvalue weighted by Gasteiger charge is -2.43. The first-order valence-electron chi connectivity index (χ1n) is 12.5. The summed E-state index contributed by atoms with van der Waals surface area (Å²) in [5, 5.41) is 23.4. The zero-order valence-electron chi connectivity index (χ0n) is 19.6. The van der Waals surface area contributed by atoms with Crippen molar-refractivity contribution in [2.45, 2.75) is 75.4 Å². The fourth-order valence-corrected chi connectivity index (χ4v) is 5.89. The molecule has 5 heteroatoms. The number of Topliss-reactive ketones (excluding diaryl/α,β-unsaturated/α-hetero) is 3. The molecule has 2 aromatic carbocycles. The second-order valence-corrected chi connectivity index (χ2v) is 10.1. The highest BCUT2D eigenvalue weighted by molar-refractivity contribution is 6.20. The summed E-state index contributed by atoms with van der Waals surface area (Å²) in [5.41, 5.74) is -2.38. The number of carbonyl (C=O) groups is 3. The van der Waals surface area contributed by atoms with Crippen molar-refractivity contribution in [1.82, 2.24) is 0 Å². The Bertz CT molecular complexity index is 920. The molecule has 2 aromatic rings. The van der Waals surface area contributed by atoms with E-state index in [4.69, 9.17) is 0 Å². The van der Waals surface area contributed by atoms with Crippen LogP contribution >= 0.6 is 0 Å². The van der Waals surface area contributed by atoms with E-state index >= 15 is 0 Å². The minimum absolute atomic E-state index is 0.326. The number of hydrogen-bond donors (Lipinski definition) is 2. The standard InChI is InChI=1S/C29H34O5/c30-25(21-13-5-1-6-14-21)23(28(33)17-9-3-10-18-28)27(32)24(29(34)19-11-4-12-20-29)26(31)22-15-7-2-8-16-22/h1-2,5-8,13-16,23-24,33-34H,3-4,9-12,17-20H2. The molecule has 0 radical (unpaired) electrons. The van der Waals surface area contributed by atoms with Gasteiger partial charge in [-0.3, -0.25) is 14.4 Å². The molecule has 2 atom stereocenters. The van der Waals surface area contributed by atoms with Crippen molar-refractivity contribution in [3.8, 4) is 0 Å². The Morgan fingerprint density at radius 1 is 0.559 bits per heavy atom. The van der Waals surface area contributed by atoms with Crippen LogP contribution in [0.5, 0.6) is 0 Å². The van der Waals surface area contributed by atoms with Crippen LogP contribution in [-0.2, 0) is 4.79 Å². The number of hydrogen-bond acceptors (Lipinski definition) is 5. The lowest BCUT2D eigenvalue weighted by Crippen LogP contribution is -2.56. The summed E-state index contributed by atoms with van der Waals surface area (Å²) >= 11 is 0. The van der Waals surface area contributed by atoms with Gasteiger partial charge in [0, 0.05) is 11.1 Å². The van der Waals surface area contributed by atoms with E-state index in [0.717, 1.165) is 12.8 Å². The Morgan fingerprint density at radius 3 is 1.21 bits per heavy atom. The molecule has 0 amide bonds. The Morgan fingerprint density at radius 2 is 0.882 bits per heavy atom. The van der Waals surface area contributed by atoms with E-state index < -0.39 is 40.4 Å². The lowest BCUT2D eigenvalue weighted by molar-refractivity contribution is -0.143. The van der Waals surface area contributed by atoms with Crippen molar-refractivity contribution < 1.29 is 24.6 Å². The van der Waals surface area contributed by atoms with Crippen LogP contribution in [0.3, 0.4) is 0 Å². The van der Waals surface area contributed by atoms with Crippen LogP contribution in [0, 0.1) is 11.8 Å². The van der Waals surface area contributed by atoms with Gasteiger partial charge in [0.25, 0.3) is 0 Å². The summed E-state index contributed by atoms with van der Waals surface area (Å²) in [6, 6.07) is 17.0. The molecule has 2 fully saturated rings. The van der Waals surface area contributed by atoms with Crippen LogP contribution in [0.15, 0.2) is 60.7 Å². The van der Waals surface area contributed by atoms with Gasteiger partial charge in [0.05, 0.1) is 11.2 Å². The maximum absolute atomic E-state index is 14.3. The van der Waals surface area contributed by atoms with Gasteiger partial charge in [-0.15, -0.1) is 0 Å². The van der Waals surface area contributed by atoms with E-state index in [0.29, 0.717) is 62.5 Å². The summed E-state index contributed by atoms with van der Waals surface area (Å²) < 4.78 is 0. The fourth-order valence-electron chi connectivity index (χ4n) is 5.89. The quantitative estimate of drug-likeness (QED) is 0.428. The monoisotopic (exact) mass is 462 g/mol. The number of carbonyl (C=O) groups excluding carboxylic acids is 3. The van der Waals surface area contributed by atoms with E-state index in [2.05, 4.69) is 0 Å². The summed E-state index contributed by atoms with van der Waals surface area (Å²) in [7, 11) is 0. The van der Waals surface area contributed by atoms with Crippen LogP contribution in [-0.4, -0.2) is 38.8 Å². The first-order chi connectivity index (χ1) is 16.4. The number of aliphatic hydroxyl groups is 2. The molecule has 5 nitrogen and oxygen atoms in total. The topological polar surface area (TPSA) is 91.7 Å². The highest BCUT2D eigenvalue weighted by atomic mass is 16.3. The summed E-state index contributed by atoms with van der Waals surface area (Å²) in [5.74, 6) is -4.37. The van der Waals surface area contributed by atoms with Crippen molar-refractivity contribution in [3.05, 3.63) is 71.8 Å². The number of benzene rings is 2. The minimum atomic E-state index is -1.53. The van der Waals surface area contributed by atoms with Gasteiger partial charge in [0.15, 0.2) is 17.3 Å². The first-order valence-corrected chi connectivity index (χ1v) is 12.5. The average Bonchev–Trinajstić information content (AvgIpc) is 2.86. The molecule has 2 saturated carbocycles. The SMILES string of the molecule is O=C(c1ccccc1)C(C(=O)C(C(=O)c1ccccc1)C1(O)CCCCC1)C1(O)CCCCC1. The molecule has 4 rings (SSSR count). The summed E-state index contributed by atoms with van der Waals surface area (Å²) in [6.45, 7) is 0. The Kier molecular flexibility index (Phi) is 7.44. The first kappa shape index (κ1) is 24.5. The summed E-state index contributed by atoms with van der Waals surface area (Å²) in [4.78, 5) is 41.9. The minimum Gasteiger partial charge on any atom is -0.389 e. The molecule has 2 N–H and O–H groups in total. The normalized spacial score (nSPS) is 21.2. The van der Waals surface area contributed by atoms with Gasteiger partial charge < -0.3 is 10.2 Å². The fraction of sp³-hybridized carbons (Fsp3) is 0.483. The zero-order chi connectivity index (χ0) is 24.2. The maximum atomic E-state index is 14.3. The number of rotatable bonds is 8. The molecule has 0 saturated heterocycles. The Balaban J connectivity index is 1.80. The van der Waals surface area contributed by atoms with Gasteiger partial charge in [-0.25, -0.2) is 0 Å². The molecule has 0 bridgehead atoms. The molecule has 0 spiro atoms. The van der Waals surface area contributed by atoms with E-state index in [-0.39, 0.29) is 0 Å². The van der Waals surface area contributed by atoms with E-state index in [9.17, 15) is 24.6 Å². The third kappa shape index (κ3) is 4.91. The van der Waals surface area contributed by atoms with Crippen molar-refractivity contribution in [1.29, 1.82) is 0 Å². The van der Waals surface area contributed by atoms with Crippen LogP contribution in [0.2, 0.25) is 0 Å². The molecule has 0 aliphatic heterocycles. The second kappa shape index (κ2) is 10.3. The molecule has 180 valence electrons.